The molecule has 14 heteroatoms. The number of likely N-dealkylation sites (tertiary alicyclic amines) is 2. The van der Waals surface area contributed by atoms with Crippen LogP contribution in [-0.2, 0) is 41.7 Å². The van der Waals surface area contributed by atoms with E-state index >= 15 is 0 Å². The van der Waals surface area contributed by atoms with Gasteiger partial charge in [-0.2, -0.15) is 0 Å². The van der Waals surface area contributed by atoms with Crippen LogP contribution in [0.5, 0.6) is 0 Å². The number of ketones is 1. The van der Waals surface area contributed by atoms with Gasteiger partial charge in [-0.15, -0.1) is 0 Å². The first kappa shape index (κ1) is 46.0. The fourth-order valence-electron chi connectivity index (χ4n) is 7.56. The number of halogens is 2. The van der Waals surface area contributed by atoms with Crippen LogP contribution < -0.4 is 21.3 Å². The highest BCUT2D eigenvalue weighted by Gasteiger charge is 2.39. The molecule has 6 atom stereocenters. The van der Waals surface area contributed by atoms with Crippen LogP contribution in [0.2, 0.25) is 0 Å². The van der Waals surface area contributed by atoms with E-state index < -0.39 is 30.2 Å². The summed E-state index contributed by atoms with van der Waals surface area (Å²) in [4.78, 5) is 83.7. The van der Waals surface area contributed by atoms with E-state index in [1.165, 1.54) is 24.3 Å². The molecule has 318 valence electrons. The van der Waals surface area contributed by atoms with E-state index in [1.54, 1.807) is 55.0 Å². The van der Waals surface area contributed by atoms with Gasteiger partial charge < -0.3 is 31.1 Å². The molecule has 2 saturated heterocycles. The van der Waals surface area contributed by atoms with Crippen molar-refractivity contribution < 1.29 is 37.5 Å². The summed E-state index contributed by atoms with van der Waals surface area (Å²) in [7, 11) is 1.66. The van der Waals surface area contributed by atoms with Gasteiger partial charge in [0.1, 0.15) is 29.8 Å². The second-order valence-electron chi connectivity index (χ2n) is 15.7. The Morgan fingerprint density at radius 3 is 1.74 bits per heavy atom. The van der Waals surface area contributed by atoms with E-state index in [0.29, 0.717) is 90.1 Å². The number of hydrogen-bond donors (Lipinski definition) is 4. The van der Waals surface area contributed by atoms with Crippen molar-refractivity contribution in [3.8, 4) is 0 Å². The largest absolute Gasteiger partial charge is 0.350 e. The number of nitrogens with one attached hydrogen (secondary N) is 4. The number of rotatable bonds is 22. The van der Waals surface area contributed by atoms with E-state index in [4.69, 9.17) is 0 Å². The zero-order chi connectivity index (χ0) is 42.2. The van der Waals surface area contributed by atoms with Crippen LogP contribution in [-0.4, -0.2) is 95.5 Å². The average Bonchev–Trinajstić information content (AvgIpc) is 3.93. The fraction of sp³-hybridized carbons (Fsp3) is 0.591. The van der Waals surface area contributed by atoms with Gasteiger partial charge in [0.25, 0.3) is 0 Å². The van der Waals surface area contributed by atoms with Crippen LogP contribution in [0.4, 0.5) is 8.78 Å². The summed E-state index contributed by atoms with van der Waals surface area (Å²) in [5, 5.41) is 11.6. The van der Waals surface area contributed by atoms with Crippen LogP contribution >= 0.6 is 0 Å². The molecule has 2 aliphatic rings. The van der Waals surface area contributed by atoms with E-state index in [-0.39, 0.29) is 65.8 Å². The maximum Gasteiger partial charge on any atom is 0.245 e. The van der Waals surface area contributed by atoms with Crippen molar-refractivity contribution in [2.24, 2.45) is 5.92 Å². The van der Waals surface area contributed by atoms with Crippen molar-refractivity contribution in [1.82, 2.24) is 31.1 Å². The number of carbonyl (C=O) groups excluding carboxylic acids is 6. The molecule has 2 aliphatic heterocycles. The predicted octanol–water partition coefficient (Wildman–Crippen LogP) is 4.73. The molecule has 2 fully saturated rings. The van der Waals surface area contributed by atoms with Crippen molar-refractivity contribution in [2.75, 3.05) is 20.1 Å². The van der Waals surface area contributed by atoms with Crippen molar-refractivity contribution in [2.45, 2.75) is 141 Å². The Morgan fingerprint density at radius 1 is 0.707 bits per heavy atom. The number of carbonyl (C=O) groups is 6. The van der Waals surface area contributed by atoms with Gasteiger partial charge in [-0.25, -0.2) is 8.78 Å². The lowest BCUT2D eigenvalue weighted by molar-refractivity contribution is -0.142. The van der Waals surface area contributed by atoms with Gasteiger partial charge in [-0.3, -0.25) is 28.8 Å². The molecule has 0 saturated carbocycles. The minimum atomic E-state index is -0.820. The molecule has 2 aromatic carbocycles. The third-order valence-electron chi connectivity index (χ3n) is 11.6. The summed E-state index contributed by atoms with van der Waals surface area (Å²) in [5.41, 5.74) is 1.58. The fourth-order valence-corrected chi connectivity index (χ4v) is 7.56. The molecule has 2 aromatic rings. The Morgan fingerprint density at radius 2 is 1.21 bits per heavy atom. The molecule has 1 unspecified atom stereocenters. The smallest absolute Gasteiger partial charge is 0.245 e. The Labute approximate surface area is 341 Å². The third-order valence-corrected chi connectivity index (χ3v) is 11.6. The molecule has 12 nitrogen and oxygen atoms in total. The first-order valence-electron chi connectivity index (χ1n) is 21.0. The molecule has 0 spiro atoms. The molecule has 0 aliphatic carbocycles. The first-order valence-corrected chi connectivity index (χ1v) is 21.0. The Hall–Kier alpha value is -4.72. The summed E-state index contributed by atoms with van der Waals surface area (Å²) in [6.07, 6.45) is 6.98. The highest BCUT2D eigenvalue weighted by molar-refractivity contribution is 5.94. The molecule has 0 radical (unpaired) electrons. The van der Waals surface area contributed by atoms with Gasteiger partial charge in [0.15, 0.2) is 5.78 Å². The highest BCUT2D eigenvalue weighted by Crippen LogP contribution is 2.24. The Balaban J connectivity index is 1.33. The van der Waals surface area contributed by atoms with E-state index in [2.05, 4.69) is 21.3 Å². The van der Waals surface area contributed by atoms with Crippen molar-refractivity contribution in [3.63, 3.8) is 0 Å². The summed E-state index contributed by atoms with van der Waals surface area (Å²) in [6, 6.07) is 8.46. The molecule has 5 amide bonds. The monoisotopic (exact) mass is 808 g/mol. The Bertz CT molecular complexity index is 1570. The maximum atomic E-state index is 14.0. The van der Waals surface area contributed by atoms with E-state index in [1.807, 2.05) is 6.92 Å². The van der Waals surface area contributed by atoms with Crippen LogP contribution in [0, 0.1) is 17.6 Å². The zero-order valence-electron chi connectivity index (χ0n) is 34.5. The minimum Gasteiger partial charge on any atom is -0.350 e. The maximum absolute atomic E-state index is 14.0. The topological polar surface area (TPSA) is 157 Å². The van der Waals surface area contributed by atoms with E-state index in [0.717, 1.165) is 11.1 Å². The molecule has 2 heterocycles. The summed E-state index contributed by atoms with van der Waals surface area (Å²) >= 11 is 0. The Kier molecular flexibility index (Phi) is 18.2. The average molecular weight is 809 g/mol. The van der Waals surface area contributed by atoms with Crippen LogP contribution in [0.25, 0.3) is 0 Å². The minimum absolute atomic E-state index is 0.0563. The van der Waals surface area contributed by atoms with Crippen LogP contribution in [0.15, 0.2) is 48.5 Å². The number of aryl methyl sites for hydroxylation is 1. The molecular weight excluding hydrogens is 747 g/mol. The van der Waals surface area contributed by atoms with Crippen LogP contribution in [0.1, 0.15) is 109 Å². The molecule has 4 N–H and O–H groups in total. The molecule has 58 heavy (non-hydrogen) atoms. The lowest BCUT2D eigenvalue weighted by Gasteiger charge is -2.30. The van der Waals surface area contributed by atoms with Crippen LogP contribution in [0.3, 0.4) is 0 Å². The number of nitrogens with zero attached hydrogens (tertiary/aromatic N) is 2. The van der Waals surface area contributed by atoms with Gasteiger partial charge in [-0.05, 0) is 101 Å². The quantitative estimate of drug-likeness (QED) is 0.125. The van der Waals surface area contributed by atoms with Gasteiger partial charge >= 0.3 is 0 Å². The highest BCUT2D eigenvalue weighted by atomic mass is 19.1. The zero-order valence-corrected chi connectivity index (χ0v) is 34.5. The number of unbranched alkanes of at least 4 members (excludes halogenated alkanes) is 3. The van der Waals surface area contributed by atoms with Crippen molar-refractivity contribution in [3.05, 3.63) is 71.3 Å². The number of Topliss-reactive ketones (excluding diaryl/α,β-unsaturated/α-hetero) is 1. The number of likely N-dealkylation sites (N-methyl/N-ethyl adjacent to an activating group) is 1. The molecule has 4 rings (SSSR count). The van der Waals surface area contributed by atoms with E-state index in [9.17, 15) is 37.5 Å². The second-order valence-corrected chi connectivity index (χ2v) is 15.7. The van der Waals surface area contributed by atoms with Crippen molar-refractivity contribution in [1.29, 1.82) is 0 Å². The second kappa shape index (κ2) is 23.0. The molecular formula is C44H62F2N6O6. The number of benzene rings is 2. The predicted molar refractivity (Wildman–Crippen MR) is 217 cm³/mol. The standard InChI is InChI=1S/C44H62F2N6O6/c1-5-29(2)40(54)49-35(44(58)52-27-11-15-38(52)42(56)48-28-32-18-23-34(46)24-19-32)12-8-6-7-9-13-36(50-41(55)30(3)47-4)43(57)51-26-10-14-37(51)39(53)25-20-31-16-21-33(45)22-17-31/h16-19,21-24,29-30,35-38,47H,5-15,20,25-28H2,1-4H3,(H,48,56)(H,49,54)(H,50,55)/t29-,30+,35+,36+,37?,38+/m1/s1. The number of amides is 5. The number of hydrogen-bond acceptors (Lipinski definition) is 7. The normalized spacial score (nSPS) is 18.6. The van der Waals surface area contributed by atoms with Gasteiger partial charge in [0.05, 0.1) is 12.1 Å². The summed E-state index contributed by atoms with van der Waals surface area (Å²) in [5.74, 6) is -2.47. The lowest BCUT2D eigenvalue weighted by atomic mass is 9.99. The van der Waals surface area contributed by atoms with Gasteiger partial charge in [0.2, 0.25) is 29.5 Å². The SMILES string of the molecule is CC[C@@H](C)C(=O)N[C@@H](CCCCCC[C@H](NC(=O)[C@H](C)NC)C(=O)N1CCCC1C(=O)CCc1ccc(F)cc1)C(=O)N1CCC[C@H]1C(=O)NCc1ccc(F)cc1. The van der Waals surface area contributed by atoms with Crippen molar-refractivity contribution >= 4 is 35.3 Å². The molecule has 0 aromatic heterocycles. The first-order chi connectivity index (χ1) is 27.8. The molecule has 0 bridgehead atoms. The lowest BCUT2D eigenvalue weighted by Crippen LogP contribution is -2.54. The summed E-state index contributed by atoms with van der Waals surface area (Å²) < 4.78 is 26.7. The summed E-state index contributed by atoms with van der Waals surface area (Å²) in [6.45, 7) is 6.43. The van der Waals surface area contributed by atoms with Gasteiger partial charge in [0, 0.05) is 32.0 Å². The van der Waals surface area contributed by atoms with Gasteiger partial charge in [-0.1, -0.05) is 63.8 Å². The third kappa shape index (κ3) is 13.4.